The summed E-state index contributed by atoms with van der Waals surface area (Å²) in [5.74, 6) is 0.150. The third kappa shape index (κ3) is 3.69. The lowest BCUT2D eigenvalue weighted by Gasteiger charge is -2.12. The molecule has 1 amide bonds. The highest BCUT2D eigenvalue weighted by Gasteiger charge is 2.19. The van der Waals surface area contributed by atoms with E-state index in [4.69, 9.17) is 11.6 Å². The highest BCUT2D eigenvalue weighted by molar-refractivity contribution is 9.10. The minimum absolute atomic E-state index is 0.150. The topological polar surface area (TPSA) is 41.1 Å². The normalized spacial score (nSPS) is 19.4. The largest absolute Gasteiger partial charge is 0.352 e. The van der Waals surface area contributed by atoms with Crippen molar-refractivity contribution >= 4 is 33.4 Å². The van der Waals surface area contributed by atoms with Crippen molar-refractivity contribution in [2.24, 2.45) is 0 Å². The van der Waals surface area contributed by atoms with E-state index < -0.39 is 0 Å². The molecule has 1 fully saturated rings. The predicted octanol–water partition coefficient (Wildman–Crippen LogP) is 2.47. The SMILES string of the molecule is O=C1CCC(CNCc2cc(Br)ccc2Cl)N1. The molecule has 1 unspecified atom stereocenters. The summed E-state index contributed by atoms with van der Waals surface area (Å²) in [6.07, 6.45) is 1.56. The Labute approximate surface area is 114 Å². The van der Waals surface area contributed by atoms with E-state index in [2.05, 4.69) is 26.6 Å². The lowest BCUT2D eigenvalue weighted by atomic mass is 10.2. The number of halogens is 2. The monoisotopic (exact) mass is 316 g/mol. The van der Waals surface area contributed by atoms with Crippen LogP contribution in [0.3, 0.4) is 0 Å². The van der Waals surface area contributed by atoms with Crippen LogP contribution >= 0.6 is 27.5 Å². The number of carbonyl (C=O) groups excluding carboxylic acids is 1. The molecule has 0 aliphatic carbocycles. The summed E-state index contributed by atoms with van der Waals surface area (Å²) in [6, 6.07) is 6.06. The minimum atomic E-state index is 0.150. The Balaban J connectivity index is 1.81. The summed E-state index contributed by atoms with van der Waals surface area (Å²) in [4.78, 5) is 11.0. The Morgan fingerprint density at radius 3 is 3.06 bits per heavy atom. The lowest BCUT2D eigenvalue weighted by Crippen LogP contribution is -2.35. The summed E-state index contributed by atoms with van der Waals surface area (Å²) < 4.78 is 1.02. The molecule has 0 aromatic heterocycles. The van der Waals surface area contributed by atoms with E-state index in [9.17, 15) is 4.79 Å². The van der Waals surface area contributed by atoms with E-state index in [0.717, 1.165) is 28.0 Å². The van der Waals surface area contributed by atoms with Crippen LogP contribution in [0.2, 0.25) is 5.02 Å². The molecular weight excluding hydrogens is 304 g/mol. The summed E-state index contributed by atoms with van der Waals surface area (Å²) in [5, 5.41) is 6.99. The van der Waals surface area contributed by atoms with Gasteiger partial charge >= 0.3 is 0 Å². The lowest BCUT2D eigenvalue weighted by molar-refractivity contribution is -0.119. The van der Waals surface area contributed by atoms with Crippen LogP contribution in [0, 0.1) is 0 Å². The van der Waals surface area contributed by atoms with Crippen molar-refractivity contribution in [3.8, 4) is 0 Å². The molecule has 0 bridgehead atoms. The van der Waals surface area contributed by atoms with Crippen LogP contribution < -0.4 is 10.6 Å². The van der Waals surface area contributed by atoms with Gasteiger partial charge in [-0.05, 0) is 30.2 Å². The van der Waals surface area contributed by atoms with Crippen molar-refractivity contribution in [1.29, 1.82) is 0 Å². The molecule has 1 aromatic rings. The third-order valence-corrected chi connectivity index (χ3v) is 3.66. The van der Waals surface area contributed by atoms with Gasteiger partial charge < -0.3 is 10.6 Å². The second kappa shape index (κ2) is 5.85. The van der Waals surface area contributed by atoms with Crippen LogP contribution in [-0.2, 0) is 11.3 Å². The zero-order valence-corrected chi connectivity index (χ0v) is 11.6. The molecule has 2 rings (SSSR count). The molecule has 2 N–H and O–H groups in total. The van der Waals surface area contributed by atoms with Crippen molar-refractivity contribution in [2.45, 2.75) is 25.4 Å². The summed E-state index contributed by atoms with van der Waals surface area (Å²) >= 11 is 9.50. The molecule has 92 valence electrons. The van der Waals surface area contributed by atoms with E-state index in [1.165, 1.54) is 0 Å². The van der Waals surface area contributed by atoms with Crippen LogP contribution in [0.4, 0.5) is 0 Å². The number of hydrogen-bond donors (Lipinski definition) is 2. The quantitative estimate of drug-likeness (QED) is 0.896. The first-order valence-electron chi connectivity index (χ1n) is 5.59. The summed E-state index contributed by atoms with van der Waals surface area (Å²) in [6.45, 7) is 1.50. The Bertz CT molecular complexity index is 425. The van der Waals surface area contributed by atoms with Crippen LogP contribution in [0.25, 0.3) is 0 Å². The third-order valence-electron chi connectivity index (χ3n) is 2.80. The van der Waals surface area contributed by atoms with Crippen molar-refractivity contribution in [1.82, 2.24) is 10.6 Å². The van der Waals surface area contributed by atoms with Gasteiger partial charge in [0.25, 0.3) is 0 Å². The molecule has 1 heterocycles. The highest BCUT2D eigenvalue weighted by atomic mass is 79.9. The number of nitrogens with one attached hydrogen (secondary N) is 2. The van der Waals surface area contributed by atoms with Gasteiger partial charge in [0.2, 0.25) is 5.91 Å². The van der Waals surface area contributed by atoms with Crippen LogP contribution in [0.1, 0.15) is 18.4 Å². The fourth-order valence-electron chi connectivity index (χ4n) is 1.89. The minimum Gasteiger partial charge on any atom is -0.352 e. The molecular formula is C12H14BrClN2O. The first kappa shape index (κ1) is 12.9. The van der Waals surface area contributed by atoms with E-state index >= 15 is 0 Å². The Morgan fingerprint density at radius 2 is 2.35 bits per heavy atom. The Morgan fingerprint density at radius 1 is 1.53 bits per heavy atom. The summed E-state index contributed by atoms with van der Waals surface area (Å²) in [5.41, 5.74) is 1.06. The fourth-order valence-corrected chi connectivity index (χ4v) is 2.48. The second-order valence-electron chi connectivity index (χ2n) is 4.17. The van der Waals surface area contributed by atoms with E-state index in [1.54, 1.807) is 0 Å². The molecule has 1 aromatic carbocycles. The van der Waals surface area contributed by atoms with E-state index in [-0.39, 0.29) is 11.9 Å². The van der Waals surface area contributed by atoms with Crippen molar-refractivity contribution in [3.05, 3.63) is 33.3 Å². The standard InChI is InChI=1S/C12H14BrClN2O/c13-9-1-3-11(14)8(5-9)6-15-7-10-2-4-12(17)16-10/h1,3,5,10,15H,2,4,6-7H2,(H,16,17). The predicted molar refractivity (Wildman–Crippen MR) is 72.0 cm³/mol. The van der Waals surface area contributed by atoms with Crippen molar-refractivity contribution < 1.29 is 4.79 Å². The van der Waals surface area contributed by atoms with E-state index in [0.29, 0.717) is 13.0 Å². The summed E-state index contributed by atoms with van der Waals surface area (Å²) in [7, 11) is 0. The molecule has 1 saturated heterocycles. The molecule has 0 saturated carbocycles. The Hall–Kier alpha value is -0.580. The number of carbonyl (C=O) groups is 1. The van der Waals surface area contributed by atoms with Gasteiger partial charge in [0, 0.05) is 35.0 Å². The zero-order valence-electron chi connectivity index (χ0n) is 9.30. The average molecular weight is 318 g/mol. The van der Waals surface area contributed by atoms with Crippen molar-refractivity contribution in [3.63, 3.8) is 0 Å². The molecule has 1 aliphatic rings. The highest BCUT2D eigenvalue weighted by Crippen LogP contribution is 2.20. The maximum Gasteiger partial charge on any atom is 0.220 e. The smallest absolute Gasteiger partial charge is 0.220 e. The molecule has 5 heteroatoms. The first-order valence-corrected chi connectivity index (χ1v) is 6.76. The van der Waals surface area contributed by atoms with Gasteiger partial charge in [-0.2, -0.15) is 0 Å². The second-order valence-corrected chi connectivity index (χ2v) is 5.49. The van der Waals surface area contributed by atoms with E-state index in [1.807, 2.05) is 18.2 Å². The number of hydrogen-bond acceptors (Lipinski definition) is 2. The first-order chi connectivity index (χ1) is 8.15. The molecule has 17 heavy (non-hydrogen) atoms. The molecule has 1 aliphatic heterocycles. The maximum absolute atomic E-state index is 11.0. The van der Waals surface area contributed by atoms with Gasteiger partial charge in [-0.1, -0.05) is 27.5 Å². The van der Waals surface area contributed by atoms with Gasteiger partial charge in [-0.3, -0.25) is 4.79 Å². The van der Waals surface area contributed by atoms with Gasteiger partial charge in [-0.15, -0.1) is 0 Å². The zero-order chi connectivity index (χ0) is 12.3. The van der Waals surface area contributed by atoms with Crippen LogP contribution in [-0.4, -0.2) is 18.5 Å². The number of benzene rings is 1. The Kier molecular flexibility index (Phi) is 4.42. The molecule has 3 nitrogen and oxygen atoms in total. The fraction of sp³-hybridized carbons (Fsp3) is 0.417. The van der Waals surface area contributed by atoms with Gasteiger partial charge in [0.1, 0.15) is 0 Å². The van der Waals surface area contributed by atoms with Crippen molar-refractivity contribution in [2.75, 3.05) is 6.54 Å². The number of rotatable bonds is 4. The molecule has 1 atom stereocenters. The number of amides is 1. The maximum atomic E-state index is 11.0. The van der Waals surface area contributed by atoms with Gasteiger partial charge in [0.05, 0.1) is 0 Å². The average Bonchev–Trinajstić information content (AvgIpc) is 2.69. The van der Waals surface area contributed by atoms with Gasteiger partial charge in [-0.25, -0.2) is 0 Å². The van der Waals surface area contributed by atoms with Crippen LogP contribution in [0.5, 0.6) is 0 Å². The van der Waals surface area contributed by atoms with Crippen LogP contribution in [0.15, 0.2) is 22.7 Å². The van der Waals surface area contributed by atoms with Gasteiger partial charge in [0.15, 0.2) is 0 Å². The molecule has 0 spiro atoms. The molecule has 0 radical (unpaired) electrons.